The second kappa shape index (κ2) is 13.4. The van der Waals surface area contributed by atoms with E-state index in [4.69, 9.17) is 11.6 Å². The number of hydrogen-bond acceptors (Lipinski definition) is 4. The van der Waals surface area contributed by atoms with Crippen LogP contribution in [0.25, 0.3) is 0 Å². The van der Waals surface area contributed by atoms with Gasteiger partial charge in [-0.25, -0.2) is 12.8 Å². The lowest BCUT2D eigenvalue weighted by atomic mass is 10.0. The predicted molar refractivity (Wildman–Crippen MR) is 148 cm³/mol. The molecule has 0 radical (unpaired) electrons. The first-order valence-electron chi connectivity index (χ1n) is 12.2. The Morgan fingerprint density at radius 2 is 1.61 bits per heavy atom. The summed E-state index contributed by atoms with van der Waals surface area (Å²) in [5.41, 5.74) is 1.58. The van der Waals surface area contributed by atoms with Gasteiger partial charge in [-0.15, -0.1) is 0 Å². The molecule has 0 fully saturated rings. The fourth-order valence-corrected chi connectivity index (χ4v) is 5.00. The van der Waals surface area contributed by atoms with Crippen LogP contribution in [-0.2, 0) is 32.6 Å². The van der Waals surface area contributed by atoms with Crippen molar-refractivity contribution < 1.29 is 22.4 Å². The van der Waals surface area contributed by atoms with Crippen LogP contribution in [0.4, 0.5) is 10.1 Å². The molecule has 1 N–H and O–H groups in total. The molecule has 2 amide bonds. The van der Waals surface area contributed by atoms with Gasteiger partial charge in [0.2, 0.25) is 21.8 Å². The zero-order valence-corrected chi connectivity index (χ0v) is 22.9. The molecule has 0 aliphatic rings. The first-order chi connectivity index (χ1) is 18.1. The van der Waals surface area contributed by atoms with Crippen molar-refractivity contribution in [1.29, 1.82) is 0 Å². The van der Waals surface area contributed by atoms with Gasteiger partial charge in [0.1, 0.15) is 18.4 Å². The molecule has 0 saturated heterocycles. The van der Waals surface area contributed by atoms with Crippen molar-refractivity contribution in [3.63, 3.8) is 0 Å². The maximum Gasteiger partial charge on any atom is 0.244 e. The lowest BCUT2D eigenvalue weighted by Gasteiger charge is -2.33. The molecule has 0 spiro atoms. The van der Waals surface area contributed by atoms with E-state index in [9.17, 15) is 22.4 Å². The van der Waals surface area contributed by atoms with E-state index in [1.807, 2.05) is 37.3 Å². The van der Waals surface area contributed by atoms with Gasteiger partial charge in [-0.3, -0.25) is 13.9 Å². The van der Waals surface area contributed by atoms with Gasteiger partial charge in [-0.1, -0.05) is 67.1 Å². The number of carbonyl (C=O) groups is 2. The van der Waals surface area contributed by atoms with E-state index < -0.39 is 34.3 Å². The summed E-state index contributed by atoms with van der Waals surface area (Å²) in [6.07, 6.45) is 1.88. The minimum atomic E-state index is -3.92. The van der Waals surface area contributed by atoms with Gasteiger partial charge in [-0.05, 0) is 47.9 Å². The van der Waals surface area contributed by atoms with Crippen LogP contribution in [0.5, 0.6) is 0 Å². The number of sulfonamides is 1. The Labute approximate surface area is 228 Å². The molecule has 0 aromatic heterocycles. The number of amides is 2. The van der Waals surface area contributed by atoms with Crippen molar-refractivity contribution >= 4 is 39.1 Å². The molecule has 1 atom stereocenters. The topological polar surface area (TPSA) is 86.8 Å². The van der Waals surface area contributed by atoms with Gasteiger partial charge in [-0.2, -0.15) is 0 Å². The maximum absolute atomic E-state index is 13.9. The van der Waals surface area contributed by atoms with Crippen LogP contribution in [0.3, 0.4) is 0 Å². The largest absolute Gasteiger partial charge is 0.354 e. The second-order valence-electron chi connectivity index (χ2n) is 8.86. The molecular weight excluding hydrogens is 529 g/mol. The van der Waals surface area contributed by atoms with Gasteiger partial charge in [0.05, 0.1) is 11.9 Å². The number of rotatable bonds is 12. The average Bonchev–Trinajstić information content (AvgIpc) is 2.89. The van der Waals surface area contributed by atoms with Crippen molar-refractivity contribution in [2.75, 3.05) is 23.7 Å². The Morgan fingerprint density at radius 3 is 2.21 bits per heavy atom. The van der Waals surface area contributed by atoms with E-state index in [2.05, 4.69) is 5.32 Å². The number of nitrogens with one attached hydrogen (secondary N) is 1. The van der Waals surface area contributed by atoms with E-state index in [0.717, 1.165) is 28.3 Å². The lowest BCUT2D eigenvalue weighted by Crippen LogP contribution is -2.53. The van der Waals surface area contributed by atoms with Crippen LogP contribution in [0.1, 0.15) is 24.5 Å². The summed E-state index contributed by atoms with van der Waals surface area (Å²) in [6, 6.07) is 20.1. The zero-order chi connectivity index (χ0) is 27.7. The van der Waals surface area contributed by atoms with Gasteiger partial charge in [0.15, 0.2) is 0 Å². The average molecular weight is 560 g/mol. The van der Waals surface area contributed by atoms with Crippen LogP contribution in [0.15, 0.2) is 78.9 Å². The SMILES string of the molecule is CCCNC(=O)[C@H](Cc1ccccc1)N(Cc1ccccc1Cl)C(=O)CN(c1ccc(F)cc1)S(C)(=O)=O. The minimum absolute atomic E-state index is 0.0173. The van der Waals surface area contributed by atoms with Crippen LogP contribution in [0, 0.1) is 5.82 Å². The minimum Gasteiger partial charge on any atom is -0.354 e. The van der Waals surface area contributed by atoms with Crippen molar-refractivity contribution in [3.8, 4) is 0 Å². The molecule has 38 heavy (non-hydrogen) atoms. The van der Waals surface area contributed by atoms with Crippen LogP contribution in [-0.4, -0.2) is 50.5 Å². The summed E-state index contributed by atoms with van der Waals surface area (Å²) in [5.74, 6) is -1.50. The molecule has 3 rings (SSSR count). The quantitative estimate of drug-likeness (QED) is 0.356. The van der Waals surface area contributed by atoms with Crippen molar-refractivity contribution in [2.24, 2.45) is 0 Å². The number of halogens is 2. The Balaban J connectivity index is 2.04. The number of hydrogen-bond donors (Lipinski definition) is 1. The summed E-state index contributed by atoms with van der Waals surface area (Å²) in [7, 11) is -3.92. The Morgan fingerprint density at radius 1 is 0.974 bits per heavy atom. The van der Waals surface area contributed by atoms with Gasteiger partial charge in [0, 0.05) is 24.5 Å². The highest BCUT2D eigenvalue weighted by Gasteiger charge is 2.33. The number of nitrogens with zero attached hydrogens (tertiary/aromatic N) is 2. The Kier molecular flexibility index (Phi) is 10.3. The monoisotopic (exact) mass is 559 g/mol. The highest BCUT2D eigenvalue weighted by atomic mass is 35.5. The summed E-state index contributed by atoms with van der Waals surface area (Å²) >= 11 is 6.41. The summed E-state index contributed by atoms with van der Waals surface area (Å²) < 4.78 is 39.8. The molecule has 0 heterocycles. The molecule has 0 aliphatic heterocycles. The third-order valence-corrected chi connectivity index (χ3v) is 7.42. The summed E-state index contributed by atoms with van der Waals surface area (Å²) in [5, 5.41) is 3.28. The van der Waals surface area contributed by atoms with Gasteiger partial charge < -0.3 is 10.2 Å². The molecule has 3 aromatic rings. The number of benzene rings is 3. The Hall–Kier alpha value is -3.43. The fourth-order valence-electron chi connectivity index (χ4n) is 3.95. The van der Waals surface area contributed by atoms with E-state index in [1.54, 1.807) is 24.3 Å². The van der Waals surface area contributed by atoms with Crippen LogP contribution < -0.4 is 9.62 Å². The van der Waals surface area contributed by atoms with E-state index in [0.29, 0.717) is 23.6 Å². The second-order valence-corrected chi connectivity index (χ2v) is 11.2. The normalized spacial score (nSPS) is 12.0. The molecular formula is C28H31ClFN3O4S. The highest BCUT2D eigenvalue weighted by molar-refractivity contribution is 7.92. The standard InChI is InChI=1S/C28H31ClFN3O4S/c1-3-17-31-28(35)26(18-21-9-5-4-6-10-21)32(19-22-11-7-8-12-25(22)29)27(34)20-33(38(2,36)37)24-15-13-23(30)14-16-24/h4-16,26H,3,17-20H2,1-2H3,(H,31,35)/t26-/m0/s1. The Bertz CT molecular complexity index is 1340. The molecule has 7 nitrogen and oxygen atoms in total. The van der Waals surface area contributed by atoms with Crippen molar-refractivity contribution in [3.05, 3.63) is 101 Å². The molecule has 0 unspecified atom stereocenters. The third-order valence-electron chi connectivity index (χ3n) is 5.91. The van der Waals surface area contributed by atoms with E-state index in [1.165, 1.54) is 17.0 Å². The third kappa shape index (κ3) is 8.03. The molecule has 0 aliphatic carbocycles. The van der Waals surface area contributed by atoms with E-state index >= 15 is 0 Å². The molecule has 10 heteroatoms. The zero-order valence-electron chi connectivity index (χ0n) is 21.3. The molecule has 0 bridgehead atoms. The molecule has 0 saturated carbocycles. The highest BCUT2D eigenvalue weighted by Crippen LogP contribution is 2.23. The smallest absolute Gasteiger partial charge is 0.244 e. The first kappa shape index (κ1) is 29.1. The predicted octanol–water partition coefficient (Wildman–Crippen LogP) is 4.41. The lowest BCUT2D eigenvalue weighted by molar-refractivity contribution is -0.140. The maximum atomic E-state index is 13.9. The summed E-state index contributed by atoms with van der Waals surface area (Å²) in [4.78, 5) is 28.7. The van der Waals surface area contributed by atoms with Crippen molar-refractivity contribution in [2.45, 2.75) is 32.4 Å². The van der Waals surface area contributed by atoms with Gasteiger partial charge in [0.25, 0.3) is 0 Å². The number of anilines is 1. The summed E-state index contributed by atoms with van der Waals surface area (Å²) in [6.45, 7) is 1.74. The van der Waals surface area contributed by atoms with E-state index in [-0.39, 0.29) is 24.6 Å². The first-order valence-corrected chi connectivity index (χ1v) is 14.4. The fraction of sp³-hybridized carbons (Fsp3) is 0.286. The van der Waals surface area contributed by atoms with Crippen LogP contribution in [0.2, 0.25) is 5.02 Å². The molecule has 202 valence electrons. The van der Waals surface area contributed by atoms with Gasteiger partial charge >= 0.3 is 0 Å². The van der Waals surface area contributed by atoms with Crippen LogP contribution >= 0.6 is 11.6 Å². The van der Waals surface area contributed by atoms with Crippen molar-refractivity contribution in [1.82, 2.24) is 10.2 Å². The number of carbonyl (C=O) groups excluding carboxylic acids is 2. The molecule has 3 aromatic carbocycles.